The summed E-state index contributed by atoms with van der Waals surface area (Å²) < 4.78 is 5.90. The second-order valence-corrected chi connectivity index (χ2v) is 8.12. The zero-order valence-corrected chi connectivity index (χ0v) is 16.2. The van der Waals surface area contributed by atoms with Crippen molar-refractivity contribution in [2.45, 2.75) is 38.6 Å². The van der Waals surface area contributed by atoms with Gasteiger partial charge in [-0.1, -0.05) is 18.2 Å². The molecule has 0 atom stereocenters. The number of nitrogens with one attached hydrogen (secondary N) is 1. The van der Waals surface area contributed by atoms with Crippen molar-refractivity contribution < 1.29 is 9.53 Å². The van der Waals surface area contributed by atoms with Crippen LogP contribution < -0.4 is 10.3 Å². The molecule has 2 fully saturated rings. The van der Waals surface area contributed by atoms with Crippen LogP contribution in [0.4, 0.5) is 0 Å². The molecule has 1 aliphatic carbocycles. The van der Waals surface area contributed by atoms with Crippen LogP contribution in [0.2, 0.25) is 0 Å². The van der Waals surface area contributed by atoms with Gasteiger partial charge in [0, 0.05) is 24.7 Å². The highest BCUT2D eigenvalue weighted by Gasteiger charge is 2.25. The standard InChI is InChI=1S/C23H28N2O3/c26-21(20-5-1-2-6-22(20)28-16-18-7-8-18)14-17-9-12-25(13-10-17)15-19-4-3-11-24-23(19)27/h1-6,11,17-18H,7-10,12-16H2,(H,24,27). The van der Waals surface area contributed by atoms with E-state index in [1.807, 2.05) is 36.4 Å². The van der Waals surface area contributed by atoms with E-state index >= 15 is 0 Å². The first-order chi connectivity index (χ1) is 13.7. The Morgan fingerprint density at radius 1 is 1.04 bits per heavy atom. The Kier molecular flexibility index (Phi) is 5.91. The fraction of sp³-hybridized carbons (Fsp3) is 0.478. The number of pyridine rings is 1. The van der Waals surface area contributed by atoms with Crippen molar-refractivity contribution in [3.05, 3.63) is 64.1 Å². The van der Waals surface area contributed by atoms with Crippen LogP contribution in [0.15, 0.2) is 47.4 Å². The number of hydrogen-bond donors (Lipinski definition) is 1. The van der Waals surface area contributed by atoms with Gasteiger partial charge in [0.25, 0.3) is 5.56 Å². The fourth-order valence-corrected chi connectivity index (χ4v) is 3.86. The number of piperidine rings is 1. The van der Waals surface area contributed by atoms with Crippen LogP contribution in [0.3, 0.4) is 0 Å². The van der Waals surface area contributed by atoms with E-state index in [0.29, 0.717) is 24.8 Å². The van der Waals surface area contributed by atoms with E-state index in [1.54, 1.807) is 6.20 Å². The SMILES string of the molecule is O=C(CC1CCN(Cc2ccc[nH]c2=O)CC1)c1ccccc1OCC1CC1. The molecule has 0 bridgehead atoms. The number of benzene rings is 1. The van der Waals surface area contributed by atoms with Crippen molar-refractivity contribution in [3.8, 4) is 5.75 Å². The van der Waals surface area contributed by atoms with E-state index in [9.17, 15) is 9.59 Å². The van der Waals surface area contributed by atoms with Crippen molar-refractivity contribution in [1.29, 1.82) is 0 Å². The van der Waals surface area contributed by atoms with Gasteiger partial charge in [-0.25, -0.2) is 0 Å². The second-order valence-electron chi connectivity index (χ2n) is 8.12. The van der Waals surface area contributed by atoms with Gasteiger partial charge in [-0.05, 0) is 68.8 Å². The molecule has 4 rings (SSSR count). The zero-order valence-electron chi connectivity index (χ0n) is 16.2. The van der Waals surface area contributed by atoms with Crippen molar-refractivity contribution >= 4 is 5.78 Å². The first-order valence-corrected chi connectivity index (χ1v) is 10.3. The molecule has 2 aliphatic rings. The molecule has 28 heavy (non-hydrogen) atoms. The molecule has 2 heterocycles. The number of para-hydroxylation sites is 1. The topological polar surface area (TPSA) is 62.4 Å². The molecule has 1 N–H and O–H groups in total. The van der Waals surface area contributed by atoms with Crippen LogP contribution >= 0.6 is 0 Å². The molecule has 0 unspecified atom stereocenters. The number of ketones is 1. The zero-order chi connectivity index (χ0) is 19.3. The normalized spacial score (nSPS) is 18.1. The van der Waals surface area contributed by atoms with E-state index in [0.717, 1.165) is 49.4 Å². The number of carbonyl (C=O) groups is 1. The van der Waals surface area contributed by atoms with Gasteiger partial charge in [0.2, 0.25) is 0 Å². The molecule has 1 aliphatic heterocycles. The highest BCUT2D eigenvalue weighted by Crippen LogP contribution is 2.31. The molecule has 5 heteroatoms. The maximum absolute atomic E-state index is 12.9. The quantitative estimate of drug-likeness (QED) is 0.710. The van der Waals surface area contributed by atoms with Crippen LogP contribution in [0.5, 0.6) is 5.75 Å². The minimum Gasteiger partial charge on any atom is -0.493 e. The lowest BCUT2D eigenvalue weighted by atomic mass is 9.89. The van der Waals surface area contributed by atoms with Gasteiger partial charge in [0.1, 0.15) is 5.75 Å². The maximum atomic E-state index is 12.9. The molecule has 0 spiro atoms. The molecule has 1 saturated heterocycles. The van der Waals surface area contributed by atoms with Crippen LogP contribution in [-0.2, 0) is 6.54 Å². The number of aromatic amines is 1. The molecule has 2 aromatic rings. The molecule has 1 aromatic heterocycles. The molecule has 148 valence electrons. The Labute approximate surface area is 165 Å². The summed E-state index contributed by atoms with van der Waals surface area (Å²) in [4.78, 5) is 29.8. The van der Waals surface area contributed by atoms with E-state index < -0.39 is 0 Å². The molecule has 1 aromatic carbocycles. The van der Waals surface area contributed by atoms with Gasteiger partial charge >= 0.3 is 0 Å². The lowest BCUT2D eigenvalue weighted by Crippen LogP contribution is -2.35. The fourth-order valence-electron chi connectivity index (χ4n) is 3.86. The van der Waals surface area contributed by atoms with E-state index in [2.05, 4.69) is 9.88 Å². The Morgan fingerprint density at radius 2 is 1.82 bits per heavy atom. The number of H-pyrrole nitrogens is 1. The third kappa shape index (κ3) is 4.90. The molecule has 5 nitrogen and oxygen atoms in total. The number of likely N-dealkylation sites (tertiary alicyclic amines) is 1. The number of rotatable bonds is 8. The summed E-state index contributed by atoms with van der Waals surface area (Å²) in [5.74, 6) is 1.99. The van der Waals surface area contributed by atoms with Gasteiger partial charge in [0.15, 0.2) is 5.78 Å². The van der Waals surface area contributed by atoms with Gasteiger partial charge in [-0.3, -0.25) is 14.5 Å². The first kappa shape index (κ1) is 18.9. The van der Waals surface area contributed by atoms with Crippen molar-refractivity contribution in [2.24, 2.45) is 11.8 Å². The van der Waals surface area contributed by atoms with Crippen LogP contribution in [0.25, 0.3) is 0 Å². The molecule has 0 amide bonds. The van der Waals surface area contributed by atoms with E-state index in [4.69, 9.17) is 4.74 Å². The Hall–Kier alpha value is -2.40. The summed E-state index contributed by atoms with van der Waals surface area (Å²) in [6.07, 6.45) is 6.69. The van der Waals surface area contributed by atoms with Gasteiger partial charge in [0.05, 0.1) is 12.2 Å². The Balaban J connectivity index is 1.29. The van der Waals surface area contributed by atoms with Crippen LogP contribution in [0, 0.1) is 11.8 Å². The smallest absolute Gasteiger partial charge is 0.252 e. The summed E-state index contributed by atoms with van der Waals surface area (Å²) in [5, 5.41) is 0. The third-order valence-electron chi connectivity index (χ3n) is 5.83. The van der Waals surface area contributed by atoms with E-state index in [1.165, 1.54) is 12.8 Å². The number of Topliss-reactive ketones (excluding diaryl/α,β-unsaturated/α-hetero) is 1. The number of nitrogens with zero attached hydrogens (tertiary/aromatic N) is 1. The van der Waals surface area contributed by atoms with Gasteiger partial charge in [-0.15, -0.1) is 0 Å². The third-order valence-corrected chi connectivity index (χ3v) is 5.83. The first-order valence-electron chi connectivity index (χ1n) is 10.3. The number of aromatic nitrogens is 1. The summed E-state index contributed by atoms with van der Waals surface area (Å²) >= 11 is 0. The molecule has 0 radical (unpaired) electrons. The van der Waals surface area contributed by atoms with Gasteiger partial charge in [-0.2, -0.15) is 0 Å². The minimum absolute atomic E-state index is 0.0115. The Morgan fingerprint density at radius 3 is 2.57 bits per heavy atom. The van der Waals surface area contributed by atoms with Crippen LogP contribution in [0.1, 0.15) is 48.0 Å². The van der Waals surface area contributed by atoms with Crippen molar-refractivity contribution in [1.82, 2.24) is 9.88 Å². The molecular weight excluding hydrogens is 352 g/mol. The lowest BCUT2D eigenvalue weighted by Gasteiger charge is -2.31. The summed E-state index contributed by atoms with van der Waals surface area (Å²) in [7, 11) is 0. The number of carbonyl (C=O) groups excluding carboxylic acids is 1. The summed E-state index contributed by atoms with van der Waals surface area (Å²) in [6.45, 7) is 3.24. The predicted octanol–water partition coefficient (Wildman–Crippen LogP) is 3.65. The predicted molar refractivity (Wildman–Crippen MR) is 109 cm³/mol. The highest BCUT2D eigenvalue weighted by molar-refractivity contribution is 5.98. The largest absolute Gasteiger partial charge is 0.493 e. The highest BCUT2D eigenvalue weighted by atomic mass is 16.5. The number of ether oxygens (including phenoxy) is 1. The lowest BCUT2D eigenvalue weighted by molar-refractivity contribution is 0.0920. The monoisotopic (exact) mass is 380 g/mol. The molecule has 1 saturated carbocycles. The van der Waals surface area contributed by atoms with Crippen molar-refractivity contribution in [2.75, 3.05) is 19.7 Å². The average Bonchev–Trinajstić information content (AvgIpc) is 3.54. The number of hydrogen-bond acceptors (Lipinski definition) is 4. The maximum Gasteiger partial charge on any atom is 0.252 e. The molecular formula is C23H28N2O3. The van der Waals surface area contributed by atoms with Crippen molar-refractivity contribution in [3.63, 3.8) is 0 Å². The Bertz CT molecular complexity index is 864. The van der Waals surface area contributed by atoms with E-state index in [-0.39, 0.29) is 11.3 Å². The summed E-state index contributed by atoms with van der Waals surface area (Å²) in [5.41, 5.74) is 1.52. The minimum atomic E-state index is -0.0115. The summed E-state index contributed by atoms with van der Waals surface area (Å²) in [6, 6.07) is 11.4. The average molecular weight is 380 g/mol. The van der Waals surface area contributed by atoms with Crippen LogP contribution in [-0.4, -0.2) is 35.4 Å². The van der Waals surface area contributed by atoms with Gasteiger partial charge < -0.3 is 9.72 Å². The second kappa shape index (κ2) is 8.74.